The molecule has 0 aromatic rings. The standard InChI is InChI=1S/C8H14N2.BF4/c1-3-5-10-7-6-9(4-2)8-10;2-1(3,4)5/h4,6-7H,2-3,5,8H2,1H3;/q;-1. The van der Waals surface area contributed by atoms with Crippen LogP contribution in [0, 0.1) is 0 Å². The minimum absolute atomic E-state index is 0.970. The maximum Gasteiger partial charge on any atom is 0.673 e. The van der Waals surface area contributed by atoms with Gasteiger partial charge in [-0.05, 0) is 12.6 Å². The first-order chi connectivity index (χ1) is 6.86. The Kier molecular flexibility index (Phi) is 5.89. The van der Waals surface area contributed by atoms with Gasteiger partial charge < -0.3 is 27.1 Å². The summed E-state index contributed by atoms with van der Waals surface area (Å²) in [7, 11) is -6.00. The van der Waals surface area contributed by atoms with Crippen LogP contribution in [0.25, 0.3) is 0 Å². The average molecular weight is 225 g/mol. The van der Waals surface area contributed by atoms with Gasteiger partial charge in [0.1, 0.15) is 0 Å². The van der Waals surface area contributed by atoms with Gasteiger partial charge in [-0.1, -0.05) is 13.5 Å². The number of nitrogens with zero attached hydrogens (tertiary/aromatic N) is 2. The van der Waals surface area contributed by atoms with Crippen LogP contribution >= 0.6 is 0 Å². The summed E-state index contributed by atoms with van der Waals surface area (Å²) in [6.07, 6.45) is 7.19. The topological polar surface area (TPSA) is 6.48 Å². The van der Waals surface area contributed by atoms with Gasteiger partial charge in [0.25, 0.3) is 0 Å². The molecule has 1 aliphatic rings. The first-order valence-corrected chi connectivity index (χ1v) is 4.54. The average Bonchev–Trinajstić information content (AvgIpc) is 2.50. The van der Waals surface area contributed by atoms with Crippen LogP contribution in [-0.2, 0) is 0 Å². The highest BCUT2D eigenvalue weighted by Gasteiger charge is 2.20. The summed E-state index contributed by atoms with van der Waals surface area (Å²) in [5, 5.41) is 0. The van der Waals surface area contributed by atoms with Crippen molar-refractivity contribution in [2.75, 3.05) is 13.2 Å². The van der Waals surface area contributed by atoms with E-state index in [1.165, 1.54) is 6.42 Å². The molecule has 1 heterocycles. The molecule has 0 N–H and O–H groups in total. The Labute approximate surface area is 87.0 Å². The van der Waals surface area contributed by atoms with E-state index in [1.54, 1.807) is 0 Å². The van der Waals surface area contributed by atoms with Crippen molar-refractivity contribution < 1.29 is 17.3 Å². The molecule has 0 unspecified atom stereocenters. The molecule has 0 aliphatic carbocycles. The van der Waals surface area contributed by atoms with Crippen LogP contribution in [0.5, 0.6) is 0 Å². The van der Waals surface area contributed by atoms with Crippen molar-refractivity contribution >= 4 is 7.25 Å². The van der Waals surface area contributed by atoms with E-state index in [9.17, 15) is 17.3 Å². The molecule has 7 heteroatoms. The lowest BCUT2D eigenvalue weighted by atomic mass is 10.3. The fourth-order valence-corrected chi connectivity index (χ4v) is 1.03. The molecule has 0 amide bonds. The molecule has 0 aromatic carbocycles. The van der Waals surface area contributed by atoms with Crippen molar-refractivity contribution in [3.63, 3.8) is 0 Å². The predicted octanol–water partition coefficient (Wildman–Crippen LogP) is 2.89. The van der Waals surface area contributed by atoms with Crippen LogP contribution in [0.2, 0.25) is 0 Å². The van der Waals surface area contributed by atoms with Crippen molar-refractivity contribution in [1.82, 2.24) is 9.80 Å². The highest BCUT2D eigenvalue weighted by molar-refractivity contribution is 6.50. The Bertz CT molecular complexity index is 211. The van der Waals surface area contributed by atoms with Crippen LogP contribution < -0.4 is 0 Å². The van der Waals surface area contributed by atoms with E-state index >= 15 is 0 Å². The predicted molar refractivity (Wildman–Crippen MR) is 53.2 cm³/mol. The SMILES string of the molecule is C=CN1C=CN(CCC)C1.F[B-](F)(F)F. The van der Waals surface area contributed by atoms with E-state index in [4.69, 9.17) is 0 Å². The molecule has 0 spiro atoms. The summed E-state index contributed by atoms with van der Waals surface area (Å²) in [6, 6.07) is 0. The number of hydrogen-bond donors (Lipinski definition) is 0. The van der Waals surface area contributed by atoms with E-state index < -0.39 is 7.25 Å². The summed E-state index contributed by atoms with van der Waals surface area (Å²) >= 11 is 0. The molecule has 1 rings (SSSR count). The molecule has 0 atom stereocenters. The fourth-order valence-electron chi connectivity index (χ4n) is 1.03. The smallest absolute Gasteiger partial charge is 0.418 e. The third kappa shape index (κ3) is 9.18. The van der Waals surface area contributed by atoms with Crippen molar-refractivity contribution in [2.24, 2.45) is 0 Å². The largest absolute Gasteiger partial charge is 0.673 e. The van der Waals surface area contributed by atoms with Crippen LogP contribution in [0.3, 0.4) is 0 Å². The zero-order valence-electron chi connectivity index (χ0n) is 8.54. The molecule has 0 radical (unpaired) electrons. The van der Waals surface area contributed by atoms with Gasteiger partial charge >= 0.3 is 7.25 Å². The van der Waals surface area contributed by atoms with E-state index in [2.05, 4.69) is 29.5 Å². The molecule has 1 aliphatic heterocycles. The molecule has 0 fully saturated rings. The minimum atomic E-state index is -6.00. The first-order valence-electron chi connectivity index (χ1n) is 4.54. The number of hydrogen-bond acceptors (Lipinski definition) is 2. The maximum atomic E-state index is 9.75. The molecular formula is C8H14BF4N2-. The van der Waals surface area contributed by atoms with E-state index in [-0.39, 0.29) is 0 Å². The second-order valence-electron chi connectivity index (χ2n) is 2.94. The quantitative estimate of drug-likeness (QED) is 0.538. The third-order valence-electron chi connectivity index (χ3n) is 1.56. The Morgan fingerprint density at radius 3 is 2.20 bits per heavy atom. The lowest BCUT2D eigenvalue weighted by molar-refractivity contribution is 0.315. The van der Waals surface area contributed by atoms with Crippen molar-refractivity contribution in [1.29, 1.82) is 0 Å². The summed E-state index contributed by atoms with van der Waals surface area (Å²) in [6.45, 7) is 7.98. The molecule has 0 aromatic heterocycles. The first kappa shape index (κ1) is 13.9. The monoisotopic (exact) mass is 225 g/mol. The van der Waals surface area contributed by atoms with Crippen molar-refractivity contribution in [2.45, 2.75) is 13.3 Å². The van der Waals surface area contributed by atoms with Gasteiger partial charge in [-0.15, -0.1) is 0 Å². The molecule has 0 bridgehead atoms. The van der Waals surface area contributed by atoms with Gasteiger partial charge in [-0.25, -0.2) is 0 Å². The summed E-state index contributed by atoms with van der Waals surface area (Å²) < 4.78 is 39.0. The summed E-state index contributed by atoms with van der Waals surface area (Å²) in [5.74, 6) is 0. The summed E-state index contributed by atoms with van der Waals surface area (Å²) in [5.41, 5.74) is 0. The van der Waals surface area contributed by atoms with Crippen molar-refractivity contribution in [3.8, 4) is 0 Å². The normalized spacial score (nSPS) is 15.0. The van der Waals surface area contributed by atoms with Gasteiger partial charge in [0.05, 0.1) is 6.67 Å². The maximum absolute atomic E-state index is 9.75. The van der Waals surface area contributed by atoms with Crippen LogP contribution in [0.4, 0.5) is 17.3 Å². The second kappa shape index (κ2) is 6.37. The van der Waals surface area contributed by atoms with Gasteiger partial charge in [-0.3, -0.25) is 0 Å². The van der Waals surface area contributed by atoms with E-state index in [1.807, 2.05) is 12.4 Å². The van der Waals surface area contributed by atoms with Gasteiger partial charge in [0, 0.05) is 18.9 Å². The minimum Gasteiger partial charge on any atom is -0.418 e. The molecule has 0 saturated carbocycles. The van der Waals surface area contributed by atoms with Gasteiger partial charge in [0.15, 0.2) is 0 Å². The number of rotatable bonds is 3. The molecular weight excluding hydrogens is 211 g/mol. The van der Waals surface area contributed by atoms with E-state index in [0.29, 0.717) is 0 Å². The lowest BCUT2D eigenvalue weighted by Crippen LogP contribution is -2.22. The Balaban J connectivity index is 0.000000336. The third-order valence-corrected chi connectivity index (χ3v) is 1.56. The lowest BCUT2D eigenvalue weighted by Gasteiger charge is -2.16. The Hall–Kier alpha value is -1.14. The molecule has 88 valence electrons. The highest BCUT2D eigenvalue weighted by Crippen LogP contribution is 2.06. The molecule has 2 nitrogen and oxygen atoms in total. The van der Waals surface area contributed by atoms with Crippen molar-refractivity contribution in [3.05, 3.63) is 25.2 Å². The Morgan fingerprint density at radius 1 is 1.33 bits per heavy atom. The van der Waals surface area contributed by atoms with Gasteiger partial charge in [-0.2, -0.15) is 0 Å². The van der Waals surface area contributed by atoms with Crippen LogP contribution in [0.15, 0.2) is 25.2 Å². The Morgan fingerprint density at radius 2 is 1.87 bits per heavy atom. The second-order valence-corrected chi connectivity index (χ2v) is 2.94. The molecule has 15 heavy (non-hydrogen) atoms. The number of halogens is 4. The summed E-state index contributed by atoms with van der Waals surface area (Å²) in [4.78, 5) is 4.33. The van der Waals surface area contributed by atoms with Crippen LogP contribution in [-0.4, -0.2) is 30.3 Å². The van der Waals surface area contributed by atoms with E-state index in [0.717, 1.165) is 13.2 Å². The zero-order chi connectivity index (χ0) is 11.9. The van der Waals surface area contributed by atoms with Gasteiger partial charge in [0.2, 0.25) is 0 Å². The van der Waals surface area contributed by atoms with Crippen LogP contribution in [0.1, 0.15) is 13.3 Å². The highest BCUT2D eigenvalue weighted by atomic mass is 19.5. The molecule has 0 saturated heterocycles. The fraction of sp³-hybridized carbons (Fsp3) is 0.500. The zero-order valence-corrected chi connectivity index (χ0v) is 8.54.